The highest BCUT2D eigenvalue weighted by Gasteiger charge is 2.12. The van der Waals surface area contributed by atoms with Crippen LogP contribution in [0.2, 0.25) is 0 Å². The minimum atomic E-state index is -0.262. The lowest BCUT2D eigenvalue weighted by atomic mass is 10.1. The average Bonchev–Trinajstić information content (AvgIpc) is 2.70. The summed E-state index contributed by atoms with van der Waals surface area (Å²) < 4.78 is 5.15. The molecule has 0 aliphatic heterocycles. The standard InChI is InChI=1S/C21H22N4O2/c1-14-5-4-6-15(2)20(14)25-21(26)18-11-19(24-13-23-18)22-12-16-7-9-17(27-3)10-8-16/h4-11,13H,12H2,1-3H3,(H,25,26)(H,22,23,24). The second-order valence-electron chi connectivity index (χ2n) is 6.21. The molecule has 6 heteroatoms. The van der Waals surface area contributed by atoms with Crippen LogP contribution in [-0.4, -0.2) is 23.0 Å². The number of carbonyl (C=O) groups is 1. The van der Waals surface area contributed by atoms with Gasteiger partial charge >= 0.3 is 0 Å². The van der Waals surface area contributed by atoms with Crippen molar-refractivity contribution in [1.29, 1.82) is 0 Å². The topological polar surface area (TPSA) is 76.1 Å². The zero-order valence-corrected chi connectivity index (χ0v) is 15.6. The largest absolute Gasteiger partial charge is 0.497 e. The number of nitrogens with one attached hydrogen (secondary N) is 2. The van der Waals surface area contributed by atoms with Gasteiger partial charge in [0.2, 0.25) is 0 Å². The number of benzene rings is 2. The maximum atomic E-state index is 12.6. The van der Waals surface area contributed by atoms with Crippen molar-refractivity contribution >= 4 is 17.4 Å². The fraction of sp³-hybridized carbons (Fsp3) is 0.190. The highest BCUT2D eigenvalue weighted by atomic mass is 16.5. The molecule has 0 aliphatic rings. The minimum Gasteiger partial charge on any atom is -0.497 e. The molecule has 0 aliphatic carbocycles. The summed E-state index contributed by atoms with van der Waals surface area (Å²) in [6.07, 6.45) is 1.38. The molecule has 1 amide bonds. The molecule has 138 valence electrons. The van der Waals surface area contributed by atoms with Crippen molar-refractivity contribution < 1.29 is 9.53 Å². The van der Waals surface area contributed by atoms with E-state index in [4.69, 9.17) is 4.74 Å². The summed E-state index contributed by atoms with van der Waals surface area (Å²) in [6.45, 7) is 4.51. The Kier molecular flexibility index (Phi) is 5.66. The van der Waals surface area contributed by atoms with E-state index < -0.39 is 0 Å². The van der Waals surface area contributed by atoms with Crippen LogP contribution in [0.25, 0.3) is 0 Å². The summed E-state index contributed by atoms with van der Waals surface area (Å²) in [7, 11) is 1.64. The maximum absolute atomic E-state index is 12.6. The van der Waals surface area contributed by atoms with Gasteiger partial charge in [-0.15, -0.1) is 0 Å². The number of aromatic nitrogens is 2. The molecule has 0 saturated heterocycles. The molecule has 0 spiro atoms. The number of amides is 1. The van der Waals surface area contributed by atoms with Crippen molar-refractivity contribution in [2.24, 2.45) is 0 Å². The second-order valence-corrected chi connectivity index (χ2v) is 6.21. The molecule has 0 bridgehead atoms. The number of para-hydroxylation sites is 1. The monoisotopic (exact) mass is 362 g/mol. The number of aryl methyl sites for hydroxylation is 2. The number of ether oxygens (including phenoxy) is 1. The molecular weight excluding hydrogens is 340 g/mol. The number of nitrogens with zero attached hydrogens (tertiary/aromatic N) is 2. The zero-order valence-electron chi connectivity index (χ0n) is 15.6. The Morgan fingerprint density at radius 1 is 1.04 bits per heavy atom. The molecule has 0 radical (unpaired) electrons. The van der Waals surface area contributed by atoms with Gasteiger partial charge in [-0.3, -0.25) is 4.79 Å². The van der Waals surface area contributed by atoms with Crippen LogP contribution in [0.3, 0.4) is 0 Å². The molecule has 1 aromatic heterocycles. The van der Waals surface area contributed by atoms with E-state index in [1.165, 1.54) is 6.33 Å². The number of methoxy groups -OCH3 is 1. The number of carbonyl (C=O) groups excluding carboxylic acids is 1. The van der Waals surface area contributed by atoms with Gasteiger partial charge in [-0.05, 0) is 42.7 Å². The number of anilines is 2. The van der Waals surface area contributed by atoms with E-state index in [1.54, 1.807) is 13.2 Å². The summed E-state index contributed by atoms with van der Waals surface area (Å²) >= 11 is 0. The van der Waals surface area contributed by atoms with Gasteiger partial charge in [0.05, 0.1) is 7.11 Å². The molecule has 2 aromatic carbocycles. The van der Waals surface area contributed by atoms with E-state index in [9.17, 15) is 4.79 Å². The SMILES string of the molecule is COc1ccc(CNc2cc(C(=O)Nc3c(C)cccc3C)ncn2)cc1. The number of hydrogen-bond donors (Lipinski definition) is 2. The lowest BCUT2D eigenvalue weighted by Crippen LogP contribution is -2.16. The third kappa shape index (κ3) is 4.61. The molecule has 6 nitrogen and oxygen atoms in total. The minimum absolute atomic E-state index is 0.262. The van der Waals surface area contributed by atoms with Gasteiger partial charge < -0.3 is 15.4 Å². The second kappa shape index (κ2) is 8.31. The van der Waals surface area contributed by atoms with Crippen LogP contribution >= 0.6 is 0 Å². The number of rotatable bonds is 6. The lowest BCUT2D eigenvalue weighted by molar-refractivity contribution is 0.102. The van der Waals surface area contributed by atoms with Gasteiger partial charge in [0.1, 0.15) is 23.6 Å². The van der Waals surface area contributed by atoms with E-state index in [-0.39, 0.29) is 5.91 Å². The summed E-state index contributed by atoms with van der Waals surface area (Å²) in [5.41, 5.74) is 4.22. The molecule has 0 saturated carbocycles. The Labute approximate surface area is 158 Å². The van der Waals surface area contributed by atoms with Crippen molar-refractivity contribution in [2.45, 2.75) is 20.4 Å². The molecule has 0 unspecified atom stereocenters. The summed E-state index contributed by atoms with van der Waals surface area (Å²) in [5, 5.41) is 6.15. The van der Waals surface area contributed by atoms with Crippen molar-refractivity contribution in [3.05, 3.63) is 77.2 Å². The maximum Gasteiger partial charge on any atom is 0.274 e. The first-order valence-corrected chi connectivity index (χ1v) is 8.63. The smallest absolute Gasteiger partial charge is 0.274 e. The molecule has 2 N–H and O–H groups in total. The Morgan fingerprint density at radius 3 is 2.41 bits per heavy atom. The molecule has 0 atom stereocenters. The first-order valence-electron chi connectivity index (χ1n) is 8.63. The van der Waals surface area contributed by atoms with E-state index in [0.29, 0.717) is 18.1 Å². The van der Waals surface area contributed by atoms with Gasteiger partial charge in [-0.25, -0.2) is 9.97 Å². The quantitative estimate of drug-likeness (QED) is 0.694. The van der Waals surface area contributed by atoms with Crippen molar-refractivity contribution in [3.63, 3.8) is 0 Å². The van der Waals surface area contributed by atoms with Crippen LogP contribution in [0.5, 0.6) is 5.75 Å². The predicted molar refractivity (Wildman–Crippen MR) is 106 cm³/mol. The van der Waals surface area contributed by atoms with Crippen LogP contribution in [0.4, 0.5) is 11.5 Å². The van der Waals surface area contributed by atoms with Crippen molar-refractivity contribution in [2.75, 3.05) is 17.7 Å². The van der Waals surface area contributed by atoms with Gasteiger partial charge in [0, 0.05) is 18.3 Å². The van der Waals surface area contributed by atoms with Crippen molar-refractivity contribution in [3.8, 4) is 5.75 Å². The molecule has 3 aromatic rings. The predicted octanol–water partition coefficient (Wildman–Crippen LogP) is 3.97. The van der Waals surface area contributed by atoms with Crippen LogP contribution in [0.15, 0.2) is 54.9 Å². The van der Waals surface area contributed by atoms with E-state index in [1.807, 2.05) is 56.3 Å². The van der Waals surface area contributed by atoms with Gasteiger partial charge in [-0.2, -0.15) is 0 Å². The van der Waals surface area contributed by atoms with Gasteiger partial charge in [-0.1, -0.05) is 30.3 Å². The van der Waals surface area contributed by atoms with E-state index >= 15 is 0 Å². The van der Waals surface area contributed by atoms with Crippen LogP contribution in [0, 0.1) is 13.8 Å². The fourth-order valence-corrected chi connectivity index (χ4v) is 2.70. The third-order valence-corrected chi connectivity index (χ3v) is 4.25. The van der Waals surface area contributed by atoms with Crippen LogP contribution in [0.1, 0.15) is 27.2 Å². The Balaban J connectivity index is 1.68. The summed E-state index contributed by atoms with van der Waals surface area (Å²) in [6, 6.07) is 15.3. The average molecular weight is 362 g/mol. The van der Waals surface area contributed by atoms with Gasteiger partial charge in [0.25, 0.3) is 5.91 Å². The molecule has 1 heterocycles. The Hall–Kier alpha value is -3.41. The number of hydrogen-bond acceptors (Lipinski definition) is 5. The molecular formula is C21H22N4O2. The lowest BCUT2D eigenvalue weighted by Gasteiger charge is -2.11. The molecule has 27 heavy (non-hydrogen) atoms. The van der Waals surface area contributed by atoms with Crippen LogP contribution in [-0.2, 0) is 6.54 Å². The van der Waals surface area contributed by atoms with E-state index in [2.05, 4.69) is 20.6 Å². The molecule has 0 fully saturated rings. The zero-order chi connectivity index (χ0) is 19.2. The first kappa shape index (κ1) is 18.4. The van der Waals surface area contributed by atoms with Crippen molar-refractivity contribution in [1.82, 2.24) is 9.97 Å². The third-order valence-electron chi connectivity index (χ3n) is 4.25. The van der Waals surface area contributed by atoms with E-state index in [0.717, 1.165) is 28.1 Å². The van der Waals surface area contributed by atoms with Crippen LogP contribution < -0.4 is 15.4 Å². The fourth-order valence-electron chi connectivity index (χ4n) is 2.70. The Morgan fingerprint density at radius 2 is 1.74 bits per heavy atom. The normalized spacial score (nSPS) is 10.3. The van der Waals surface area contributed by atoms with Gasteiger partial charge in [0.15, 0.2) is 0 Å². The summed E-state index contributed by atoms with van der Waals surface area (Å²) in [4.78, 5) is 20.9. The highest BCUT2D eigenvalue weighted by molar-refractivity contribution is 6.04. The summed E-state index contributed by atoms with van der Waals surface area (Å²) in [5.74, 6) is 1.14. The Bertz CT molecular complexity index is 919. The highest BCUT2D eigenvalue weighted by Crippen LogP contribution is 2.20. The first-order chi connectivity index (χ1) is 13.1. The molecule has 3 rings (SSSR count).